The molecule has 6 rings (SSSR count). The summed E-state index contributed by atoms with van der Waals surface area (Å²) in [6, 6.07) is 18.5. The molecule has 2 saturated heterocycles. The van der Waals surface area contributed by atoms with Gasteiger partial charge in [0.1, 0.15) is 16.7 Å². The number of benzene rings is 3. The number of piperidine rings is 1. The fraction of sp³-hybridized carbons (Fsp3) is 0.368. The highest BCUT2D eigenvalue weighted by Gasteiger charge is 2.48. The summed E-state index contributed by atoms with van der Waals surface area (Å²) in [5.74, 6) is -2.54. The Kier molecular flexibility index (Phi) is 11.4. The monoisotopic (exact) mass is 762 g/mol. The van der Waals surface area contributed by atoms with E-state index in [0.29, 0.717) is 24.4 Å². The average Bonchev–Trinajstić information content (AvgIpc) is 3.76. The van der Waals surface area contributed by atoms with E-state index in [0.717, 1.165) is 28.5 Å². The Hall–Kier alpha value is -4.92. The molecule has 3 unspecified atom stereocenters. The van der Waals surface area contributed by atoms with E-state index < -0.39 is 22.0 Å². The predicted octanol–water partition coefficient (Wildman–Crippen LogP) is 3.12. The molecule has 4 atom stereocenters. The first-order valence-electron chi connectivity index (χ1n) is 17.5. The molecule has 0 saturated carbocycles. The Morgan fingerprint density at radius 2 is 1.75 bits per heavy atom. The van der Waals surface area contributed by atoms with Gasteiger partial charge in [-0.25, -0.2) is 13.6 Å². The number of hydrogen-bond acceptors (Lipinski definition) is 7. The summed E-state index contributed by atoms with van der Waals surface area (Å²) in [6.45, 7) is 0.931. The lowest BCUT2D eigenvalue weighted by atomic mass is 9.79. The van der Waals surface area contributed by atoms with Crippen LogP contribution in [0.2, 0.25) is 5.02 Å². The Balaban J connectivity index is 1.23. The lowest BCUT2D eigenvalue weighted by Gasteiger charge is -2.40. The standard InChI is InChI=1S/C38H43ClN6O7S/c1-41-37(48)31(10-6-9-23-7-4-3-5-8-23)43-36(47)30-22-44(35(46)16-25-18-42-32-17-27(39)12-13-28(25)32)19-26-20-45(21-29(26)30)38(49)24-11-14-34(53(40,50)51)33(15-24)52-2/h3-5,7-8,11-15,17-18,26,29-31,42H,6,9-10,16,19-22H2,1-2H3,(H,41,48)(H,43,47)(H2,40,50,51)/t26?,29?,30?,31-/m0/s1. The first-order valence-corrected chi connectivity index (χ1v) is 19.4. The van der Waals surface area contributed by atoms with E-state index in [1.54, 1.807) is 28.1 Å². The number of fused-ring (bicyclic) bond motifs is 2. The van der Waals surface area contributed by atoms with E-state index >= 15 is 0 Å². The normalized spacial score (nSPS) is 19.1. The van der Waals surface area contributed by atoms with Crippen molar-refractivity contribution in [1.29, 1.82) is 0 Å². The smallest absolute Gasteiger partial charge is 0.254 e. The topological polar surface area (TPSA) is 184 Å². The molecule has 2 aliphatic rings. The number of hydrogen-bond donors (Lipinski definition) is 4. The Morgan fingerprint density at radius 3 is 2.47 bits per heavy atom. The minimum absolute atomic E-state index is 0.0592. The van der Waals surface area contributed by atoms with Crippen LogP contribution >= 0.6 is 11.6 Å². The molecule has 0 aliphatic carbocycles. The molecular formula is C38H43ClN6O7S. The number of likely N-dealkylation sites (tertiary alicyclic amines) is 2. The molecule has 280 valence electrons. The number of aromatic amines is 1. The van der Waals surface area contributed by atoms with Crippen LogP contribution in [-0.4, -0.2) is 93.2 Å². The summed E-state index contributed by atoms with van der Waals surface area (Å²) in [5, 5.41) is 12.4. The van der Waals surface area contributed by atoms with Gasteiger partial charge in [0.25, 0.3) is 5.91 Å². The predicted molar refractivity (Wildman–Crippen MR) is 200 cm³/mol. The number of nitrogens with two attached hydrogens (primary N) is 1. The van der Waals surface area contributed by atoms with Crippen molar-refractivity contribution in [3.05, 3.63) is 94.6 Å². The van der Waals surface area contributed by atoms with Gasteiger partial charge in [0.05, 0.1) is 19.4 Å². The Bertz CT molecular complexity index is 2130. The number of methoxy groups -OCH3 is 1. The SMILES string of the molecule is CNC(=O)[C@H](CCCc1ccccc1)NC(=O)C1CN(C(=O)Cc2c[nH]c3cc(Cl)ccc23)CC2CN(C(=O)c3ccc(S(N)(=O)=O)c(OC)c3)CC21. The minimum Gasteiger partial charge on any atom is -0.495 e. The van der Waals surface area contributed by atoms with Gasteiger partial charge in [0.15, 0.2) is 0 Å². The number of primary sulfonamides is 1. The van der Waals surface area contributed by atoms with Crippen LogP contribution in [0.5, 0.6) is 5.75 Å². The zero-order valence-corrected chi connectivity index (χ0v) is 31.1. The zero-order valence-electron chi connectivity index (χ0n) is 29.5. The van der Waals surface area contributed by atoms with Crippen LogP contribution < -0.4 is 20.5 Å². The van der Waals surface area contributed by atoms with Crippen molar-refractivity contribution in [1.82, 2.24) is 25.4 Å². The third kappa shape index (κ3) is 8.50. The number of halogens is 1. The molecular weight excluding hydrogens is 720 g/mol. The van der Waals surface area contributed by atoms with Gasteiger partial charge in [-0.3, -0.25) is 19.2 Å². The number of aromatic nitrogens is 1. The van der Waals surface area contributed by atoms with Crippen LogP contribution in [0.15, 0.2) is 77.8 Å². The first kappa shape index (κ1) is 37.8. The molecule has 3 heterocycles. The summed E-state index contributed by atoms with van der Waals surface area (Å²) in [4.78, 5) is 61.3. The maximum Gasteiger partial charge on any atom is 0.254 e. The van der Waals surface area contributed by atoms with Crippen molar-refractivity contribution in [2.24, 2.45) is 22.9 Å². The number of carbonyl (C=O) groups is 4. The maximum absolute atomic E-state index is 14.2. The summed E-state index contributed by atoms with van der Waals surface area (Å²) >= 11 is 6.17. The number of aryl methyl sites for hydroxylation is 1. The third-order valence-corrected chi connectivity index (χ3v) is 11.5. The third-order valence-electron chi connectivity index (χ3n) is 10.3. The van der Waals surface area contributed by atoms with Gasteiger partial charge in [0, 0.05) is 60.9 Å². The largest absolute Gasteiger partial charge is 0.495 e. The highest BCUT2D eigenvalue weighted by molar-refractivity contribution is 7.89. The Labute approximate surface area is 313 Å². The molecule has 1 aromatic heterocycles. The van der Waals surface area contributed by atoms with Crippen molar-refractivity contribution in [2.45, 2.75) is 36.6 Å². The van der Waals surface area contributed by atoms with Gasteiger partial charge in [0.2, 0.25) is 27.7 Å². The lowest BCUT2D eigenvalue weighted by Crippen LogP contribution is -2.56. The number of H-pyrrole nitrogens is 1. The number of ether oxygens (including phenoxy) is 1. The van der Waals surface area contributed by atoms with Crippen LogP contribution in [0, 0.1) is 17.8 Å². The molecule has 5 N–H and O–H groups in total. The molecule has 3 aromatic carbocycles. The molecule has 53 heavy (non-hydrogen) atoms. The fourth-order valence-corrected chi connectivity index (χ4v) is 8.45. The van der Waals surface area contributed by atoms with Gasteiger partial charge < -0.3 is 30.2 Å². The van der Waals surface area contributed by atoms with Crippen molar-refractivity contribution in [3.63, 3.8) is 0 Å². The molecule has 0 spiro atoms. The molecule has 4 aromatic rings. The summed E-state index contributed by atoms with van der Waals surface area (Å²) < 4.78 is 29.3. The van der Waals surface area contributed by atoms with Gasteiger partial charge in [-0.05, 0) is 72.6 Å². The number of sulfonamides is 1. The molecule has 0 radical (unpaired) electrons. The molecule has 15 heteroatoms. The molecule has 2 fully saturated rings. The second-order valence-corrected chi connectivity index (χ2v) is 15.7. The summed E-state index contributed by atoms with van der Waals surface area (Å²) in [7, 11) is -1.28. The minimum atomic E-state index is -4.10. The highest BCUT2D eigenvalue weighted by Crippen LogP contribution is 2.37. The molecule has 4 amide bonds. The Morgan fingerprint density at radius 1 is 1.00 bits per heavy atom. The number of rotatable bonds is 12. The van der Waals surface area contributed by atoms with E-state index in [1.165, 1.54) is 32.4 Å². The van der Waals surface area contributed by atoms with Gasteiger partial charge in [-0.1, -0.05) is 48.0 Å². The van der Waals surface area contributed by atoms with Crippen molar-refractivity contribution in [2.75, 3.05) is 40.3 Å². The van der Waals surface area contributed by atoms with E-state index in [2.05, 4.69) is 15.6 Å². The van der Waals surface area contributed by atoms with E-state index in [9.17, 15) is 27.6 Å². The van der Waals surface area contributed by atoms with Crippen LogP contribution in [0.1, 0.15) is 34.3 Å². The second-order valence-electron chi connectivity index (χ2n) is 13.7. The van der Waals surface area contributed by atoms with E-state index in [4.69, 9.17) is 21.5 Å². The number of nitrogens with one attached hydrogen (secondary N) is 3. The van der Waals surface area contributed by atoms with Crippen LogP contribution in [0.25, 0.3) is 10.9 Å². The van der Waals surface area contributed by atoms with E-state index in [1.807, 2.05) is 36.4 Å². The molecule has 0 bridgehead atoms. The van der Waals surface area contributed by atoms with Crippen molar-refractivity contribution in [3.8, 4) is 5.75 Å². The summed E-state index contributed by atoms with van der Waals surface area (Å²) in [6.07, 6.45) is 3.68. The fourth-order valence-electron chi connectivity index (χ4n) is 7.60. The first-order chi connectivity index (χ1) is 25.4. The van der Waals surface area contributed by atoms with E-state index in [-0.39, 0.29) is 77.7 Å². The van der Waals surface area contributed by atoms with Crippen LogP contribution in [0.4, 0.5) is 0 Å². The average molecular weight is 763 g/mol. The molecule has 13 nitrogen and oxygen atoms in total. The number of nitrogens with zero attached hydrogens (tertiary/aromatic N) is 2. The van der Waals surface area contributed by atoms with Gasteiger partial charge in [-0.15, -0.1) is 0 Å². The summed E-state index contributed by atoms with van der Waals surface area (Å²) in [5.41, 5.74) is 2.93. The number of amides is 4. The van der Waals surface area contributed by atoms with Crippen LogP contribution in [0.3, 0.4) is 0 Å². The quantitative estimate of drug-likeness (QED) is 0.171. The van der Waals surface area contributed by atoms with Crippen molar-refractivity contribution < 1.29 is 32.3 Å². The van der Waals surface area contributed by atoms with Crippen LogP contribution in [-0.2, 0) is 37.2 Å². The molecule has 2 aliphatic heterocycles. The van der Waals surface area contributed by atoms with Gasteiger partial charge >= 0.3 is 0 Å². The second kappa shape index (κ2) is 16.0. The highest BCUT2D eigenvalue weighted by atomic mass is 35.5. The number of carbonyl (C=O) groups excluding carboxylic acids is 4. The zero-order chi connectivity index (χ0) is 37.9. The lowest BCUT2D eigenvalue weighted by molar-refractivity contribution is -0.140. The number of likely N-dealkylation sites (N-methyl/N-ethyl adjacent to an activating group) is 1. The maximum atomic E-state index is 14.2. The van der Waals surface area contributed by atoms with Crippen molar-refractivity contribution >= 4 is 56.2 Å². The van der Waals surface area contributed by atoms with Gasteiger partial charge in [-0.2, -0.15) is 0 Å².